The number of carboxylic acids is 2. The molecule has 0 heterocycles. The van der Waals surface area contributed by atoms with Gasteiger partial charge in [-0.15, -0.1) is 0 Å². The van der Waals surface area contributed by atoms with Crippen LogP contribution in [0.25, 0.3) is 0 Å². The minimum atomic E-state index is -1.82. The Morgan fingerprint density at radius 2 is 1.33 bits per heavy atom. The number of nitrogens with one attached hydrogen (secondary N) is 3. The largest absolute Gasteiger partial charge is 0.481 e. The van der Waals surface area contributed by atoms with Crippen molar-refractivity contribution in [1.29, 1.82) is 0 Å². The number of carboxylic acid groups (broad SMARTS) is 2. The number of hydrogen-bond acceptors (Lipinski definition) is 9. The third-order valence-electron chi connectivity index (χ3n) is 4.13. The van der Waals surface area contributed by atoms with Crippen LogP contribution < -0.4 is 33.2 Å². The summed E-state index contributed by atoms with van der Waals surface area (Å²) in [6, 6.07) is -6.60. The van der Waals surface area contributed by atoms with Gasteiger partial charge in [0, 0.05) is 6.42 Å². The van der Waals surface area contributed by atoms with Crippen molar-refractivity contribution >= 4 is 41.5 Å². The zero-order valence-corrected chi connectivity index (χ0v) is 17.6. The first-order valence-corrected chi connectivity index (χ1v) is 9.51. The van der Waals surface area contributed by atoms with E-state index in [2.05, 4.69) is 5.32 Å². The van der Waals surface area contributed by atoms with Gasteiger partial charge in [0.15, 0.2) is 0 Å². The van der Waals surface area contributed by atoms with Crippen LogP contribution in [0.4, 0.5) is 0 Å². The molecule has 186 valence electrons. The first-order chi connectivity index (χ1) is 15.1. The van der Waals surface area contributed by atoms with Crippen molar-refractivity contribution < 1.29 is 48.9 Å². The molecule has 5 atom stereocenters. The molecule has 0 aliphatic carbocycles. The predicted molar refractivity (Wildman–Crippen MR) is 108 cm³/mol. The molecule has 0 radical (unpaired) electrons. The van der Waals surface area contributed by atoms with Gasteiger partial charge >= 0.3 is 11.9 Å². The number of primary amides is 2. The molecule has 0 saturated heterocycles. The second kappa shape index (κ2) is 13.6. The molecule has 5 amide bonds. The number of carbonyl (C=O) groups is 7. The maximum absolute atomic E-state index is 12.5. The Labute approximate surface area is 187 Å². The van der Waals surface area contributed by atoms with E-state index < -0.39 is 97.4 Å². The van der Waals surface area contributed by atoms with Crippen molar-refractivity contribution in [2.75, 3.05) is 0 Å². The van der Waals surface area contributed by atoms with Crippen LogP contribution in [0.1, 0.15) is 32.6 Å². The molecule has 16 heteroatoms. The minimum Gasteiger partial charge on any atom is -0.481 e. The number of nitrogens with two attached hydrogens (primary N) is 3. The van der Waals surface area contributed by atoms with Gasteiger partial charge in [0.25, 0.3) is 0 Å². The van der Waals surface area contributed by atoms with Crippen molar-refractivity contribution in [2.45, 2.75) is 62.9 Å². The summed E-state index contributed by atoms with van der Waals surface area (Å²) >= 11 is 0. The number of amides is 5. The lowest BCUT2D eigenvalue weighted by Gasteiger charge is -2.25. The molecule has 0 aromatic rings. The lowest BCUT2D eigenvalue weighted by atomic mass is 10.1. The highest BCUT2D eigenvalue weighted by molar-refractivity contribution is 5.96. The number of aliphatic hydroxyl groups excluding tert-OH is 1. The van der Waals surface area contributed by atoms with Crippen molar-refractivity contribution in [3.63, 3.8) is 0 Å². The molecule has 5 unspecified atom stereocenters. The lowest BCUT2D eigenvalue weighted by molar-refractivity contribution is -0.144. The summed E-state index contributed by atoms with van der Waals surface area (Å²) in [5.74, 6) is -8.28. The molecular weight excluding hydrogens is 448 g/mol. The highest BCUT2D eigenvalue weighted by Gasteiger charge is 2.33. The Kier molecular flexibility index (Phi) is 12.0. The predicted octanol–water partition coefficient (Wildman–Crippen LogP) is -5.15. The van der Waals surface area contributed by atoms with E-state index in [-0.39, 0.29) is 0 Å². The molecule has 0 aromatic heterocycles. The molecule has 0 aliphatic heterocycles. The smallest absolute Gasteiger partial charge is 0.326 e. The van der Waals surface area contributed by atoms with E-state index in [4.69, 9.17) is 27.4 Å². The summed E-state index contributed by atoms with van der Waals surface area (Å²) in [6.07, 6.45) is -3.89. The summed E-state index contributed by atoms with van der Waals surface area (Å²) in [5, 5.41) is 34.0. The van der Waals surface area contributed by atoms with Crippen molar-refractivity contribution in [3.8, 4) is 0 Å². The first kappa shape index (κ1) is 29.2. The van der Waals surface area contributed by atoms with Gasteiger partial charge in [0.05, 0.1) is 25.0 Å². The molecule has 0 spiro atoms. The second-order valence-corrected chi connectivity index (χ2v) is 7.07. The van der Waals surface area contributed by atoms with E-state index in [1.54, 1.807) is 0 Å². The van der Waals surface area contributed by atoms with Crippen LogP contribution in [0.15, 0.2) is 0 Å². The Bertz CT molecular complexity index is 786. The fourth-order valence-electron chi connectivity index (χ4n) is 2.44. The molecular formula is C17H28N6O10. The lowest BCUT2D eigenvalue weighted by Crippen LogP contribution is -2.60. The van der Waals surface area contributed by atoms with Crippen LogP contribution >= 0.6 is 0 Å². The van der Waals surface area contributed by atoms with Crippen LogP contribution in [0.5, 0.6) is 0 Å². The Hall–Kier alpha value is -3.79. The van der Waals surface area contributed by atoms with Crippen molar-refractivity contribution in [3.05, 3.63) is 0 Å². The summed E-state index contributed by atoms with van der Waals surface area (Å²) in [7, 11) is 0. The van der Waals surface area contributed by atoms with E-state index in [1.807, 2.05) is 10.6 Å². The highest BCUT2D eigenvalue weighted by atomic mass is 16.4. The Morgan fingerprint density at radius 1 is 0.788 bits per heavy atom. The fourth-order valence-corrected chi connectivity index (χ4v) is 2.44. The quantitative estimate of drug-likeness (QED) is 0.108. The summed E-state index contributed by atoms with van der Waals surface area (Å²) in [5.41, 5.74) is 15.3. The van der Waals surface area contributed by atoms with Gasteiger partial charge in [-0.1, -0.05) is 0 Å². The third-order valence-corrected chi connectivity index (χ3v) is 4.13. The zero-order valence-electron chi connectivity index (χ0n) is 17.6. The van der Waals surface area contributed by atoms with Crippen LogP contribution in [-0.4, -0.2) is 87.1 Å². The standard InChI is InChI=1S/C17H28N6O10/c1-6(24)13(23-14(29)7(18)4-11(20)26)16(31)22-9(5-12(27)28)15(30)21-8(17(32)33)2-3-10(19)25/h6-9,13,24H,2-5,18H2,1H3,(H2,19,25)(H2,20,26)(H,21,30)(H,22,31)(H,23,29)(H,27,28)(H,32,33). The first-order valence-electron chi connectivity index (χ1n) is 9.51. The minimum absolute atomic E-state index is 0.394. The third kappa shape index (κ3) is 11.4. The molecule has 0 fully saturated rings. The van der Waals surface area contributed by atoms with Gasteiger partial charge in [-0.25, -0.2) is 4.79 Å². The van der Waals surface area contributed by atoms with Gasteiger partial charge in [-0.3, -0.25) is 28.8 Å². The van der Waals surface area contributed by atoms with E-state index in [0.717, 1.165) is 6.92 Å². The maximum atomic E-state index is 12.5. The van der Waals surface area contributed by atoms with E-state index in [9.17, 15) is 38.7 Å². The second-order valence-electron chi connectivity index (χ2n) is 7.07. The average molecular weight is 476 g/mol. The van der Waals surface area contributed by atoms with E-state index >= 15 is 0 Å². The van der Waals surface area contributed by atoms with Crippen molar-refractivity contribution in [1.82, 2.24) is 16.0 Å². The van der Waals surface area contributed by atoms with Gasteiger partial charge in [0.2, 0.25) is 29.5 Å². The average Bonchev–Trinajstić information content (AvgIpc) is 2.66. The van der Waals surface area contributed by atoms with Crippen LogP contribution in [0.2, 0.25) is 0 Å². The van der Waals surface area contributed by atoms with Crippen LogP contribution in [0, 0.1) is 0 Å². The normalized spacial score (nSPS) is 15.1. The van der Waals surface area contributed by atoms with Gasteiger partial charge in [0.1, 0.15) is 18.1 Å². The number of aliphatic hydroxyl groups is 1. The molecule has 0 saturated carbocycles. The molecule has 33 heavy (non-hydrogen) atoms. The maximum Gasteiger partial charge on any atom is 0.326 e. The van der Waals surface area contributed by atoms with E-state index in [1.165, 1.54) is 0 Å². The van der Waals surface area contributed by atoms with Crippen LogP contribution in [-0.2, 0) is 33.6 Å². The fraction of sp³-hybridized carbons (Fsp3) is 0.588. The molecule has 12 N–H and O–H groups in total. The molecule has 0 aromatic carbocycles. The van der Waals surface area contributed by atoms with Crippen LogP contribution in [0.3, 0.4) is 0 Å². The Balaban J connectivity index is 5.47. The highest BCUT2D eigenvalue weighted by Crippen LogP contribution is 2.03. The summed E-state index contributed by atoms with van der Waals surface area (Å²) in [4.78, 5) is 81.1. The monoisotopic (exact) mass is 476 g/mol. The number of hydrogen-bond donors (Lipinski definition) is 9. The van der Waals surface area contributed by atoms with Crippen molar-refractivity contribution in [2.24, 2.45) is 17.2 Å². The zero-order chi connectivity index (χ0) is 25.9. The van der Waals surface area contributed by atoms with Gasteiger partial charge in [-0.2, -0.15) is 0 Å². The van der Waals surface area contributed by atoms with Gasteiger partial charge < -0.3 is 48.5 Å². The van der Waals surface area contributed by atoms with E-state index in [0.29, 0.717) is 0 Å². The topological polar surface area (TPSA) is 294 Å². The molecule has 0 bridgehead atoms. The molecule has 16 nitrogen and oxygen atoms in total. The number of aliphatic carboxylic acids is 2. The Morgan fingerprint density at radius 3 is 1.76 bits per heavy atom. The number of carbonyl (C=O) groups excluding carboxylic acids is 5. The summed E-state index contributed by atoms with van der Waals surface area (Å²) < 4.78 is 0. The SMILES string of the molecule is CC(O)C(NC(=O)C(N)CC(N)=O)C(=O)NC(CC(=O)O)C(=O)NC(CCC(N)=O)C(=O)O. The number of rotatable bonds is 15. The summed E-state index contributed by atoms with van der Waals surface area (Å²) in [6.45, 7) is 1.10. The molecule has 0 rings (SSSR count). The van der Waals surface area contributed by atoms with Gasteiger partial charge in [-0.05, 0) is 13.3 Å². The molecule has 0 aliphatic rings.